The third-order valence-corrected chi connectivity index (χ3v) is 4.29. The molecule has 0 saturated heterocycles. The minimum Gasteiger partial charge on any atom is -0.321 e. The Morgan fingerprint density at radius 2 is 1.50 bits per heavy atom. The summed E-state index contributed by atoms with van der Waals surface area (Å²) >= 11 is 3.39. The van der Waals surface area contributed by atoms with Crippen molar-refractivity contribution in [2.75, 3.05) is 0 Å². The van der Waals surface area contributed by atoms with E-state index in [0.717, 1.165) is 11.1 Å². The summed E-state index contributed by atoms with van der Waals surface area (Å²) in [7, 11) is -4.27. The molecular formula is C13H12BrO3P. The highest BCUT2D eigenvalue weighted by Gasteiger charge is 2.22. The van der Waals surface area contributed by atoms with Crippen molar-refractivity contribution in [1.29, 1.82) is 0 Å². The number of hydrogen-bond acceptors (Lipinski definition) is 1. The quantitative estimate of drug-likeness (QED) is 0.673. The Morgan fingerprint density at radius 3 is 2.11 bits per heavy atom. The third-order valence-electron chi connectivity index (χ3n) is 2.67. The Labute approximate surface area is 114 Å². The van der Waals surface area contributed by atoms with Crippen LogP contribution in [-0.4, -0.2) is 9.79 Å². The van der Waals surface area contributed by atoms with Crippen LogP contribution in [0.1, 0.15) is 5.56 Å². The lowest BCUT2D eigenvalue weighted by atomic mass is 10.0. The number of hydrogen-bond donors (Lipinski definition) is 2. The lowest BCUT2D eigenvalue weighted by Gasteiger charge is -2.13. The SMILES string of the molecule is O=P(O)(O)c1ccccc1-c1ccccc1CBr. The van der Waals surface area contributed by atoms with Crippen LogP contribution in [0.2, 0.25) is 0 Å². The van der Waals surface area contributed by atoms with Gasteiger partial charge in [-0.3, -0.25) is 4.57 Å². The second-order valence-electron chi connectivity index (χ2n) is 3.85. The van der Waals surface area contributed by atoms with Gasteiger partial charge < -0.3 is 9.79 Å². The predicted molar refractivity (Wildman–Crippen MR) is 76.2 cm³/mol. The van der Waals surface area contributed by atoms with Crippen molar-refractivity contribution in [3.05, 3.63) is 54.1 Å². The smallest absolute Gasteiger partial charge is 0.321 e. The van der Waals surface area contributed by atoms with Gasteiger partial charge in [-0.1, -0.05) is 58.4 Å². The van der Waals surface area contributed by atoms with Crippen molar-refractivity contribution in [1.82, 2.24) is 0 Å². The molecule has 0 unspecified atom stereocenters. The van der Waals surface area contributed by atoms with Crippen LogP contribution < -0.4 is 5.30 Å². The second kappa shape index (κ2) is 5.37. The molecule has 0 bridgehead atoms. The van der Waals surface area contributed by atoms with E-state index in [-0.39, 0.29) is 5.30 Å². The first-order chi connectivity index (χ1) is 8.54. The first-order valence-corrected chi connectivity index (χ1v) is 8.07. The molecule has 0 aliphatic rings. The molecule has 0 aromatic heterocycles. The largest absolute Gasteiger partial charge is 0.356 e. The van der Waals surface area contributed by atoms with Crippen LogP contribution in [0.25, 0.3) is 11.1 Å². The number of halogens is 1. The van der Waals surface area contributed by atoms with Crippen molar-refractivity contribution < 1.29 is 14.4 Å². The first kappa shape index (κ1) is 13.5. The van der Waals surface area contributed by atoms with Crippen LogP contribution >= 0.6 is 23.5 Å². The van der Waals surface area contributed by atoms with Gasteiger partial charge in [0.15, 0.2) is 0 Å². The fourth-order valence-electron chi connectivity index (χ4n) is 1.85. The molecule has 2 N–H and O–H groups in total. The van der Waals surface area contributed by atoms with Gasteiger partial charge in [0.2, 0.25) is 0 Å². The van der Waals surface area contributed by atoms with Crippen LogP contribution in [0.15, 0.2) is 48.5 Å². The fourth-order valence-corrected chi connectivity index (χ4v) is 3.13. The maximum atomic E-state index is 11.5. The summed E-state index contributed by atoms with van der Waals surface area (Å²) in [5.41, 5.74) is 2.42. The number of rotatable bonds is 3. The van der Waals surface area contributed by atoms with Crippen LogP contribution in [0.3, 0.4) is 0 Å². The van der Waals surface area contributed by atoms with E-state index in [2.05, 4.69) is 15.9 Å². The lowest BCUT2D eigenvalue weighted by molar-refractivity contribution is 0.387. The predicted octanol–water partition coefficient (Wildman–Crippen LogP) is 3.05. The Morgan fingerprint density at radius 1 is 0.944 bits per heavy atom. The minimum absolute atomic E-state index is 0.0680. The standard InChI is InChI=1S/C13H12BrO3P/c14-9-10-5-1-2-6-11(10)12-7-3-4-8-13(12)18(15,16)17/h1-8H,9H2,(H2,15,16,17). The molecule has 2 aromatic carbocycles. The molecule has 0 radical (unpaired) electrons. The van der Waals surface area contributed by atoms with Crippen molar-refractivity contribution in [3.63, 3.8) is 0 Å². The Hall–Kier alpha value is -0.930. The Kier molecular flexibility index (Phi) is 4.03. The summed E-state index contributed by atoms with van der Waals surface area (Å²) in [4.78, 5) is 18.8. The number of benzene rings is 2. The molecule has 0 fully saturated rings. The van der Waals surface area contributed by atoms with Gasteiger partial charge in [0.05, 0.1) is 5.30 Å². The van der Waals surface area contributed by atoms with Gasteiger partial charge in [-0.25, -0.2) is 0 Å². The van der Waals surface area contributed by atoms with E-state index >= 15 is 0 Å². The van der Waals surface area contributed by atoms with E-state index in [1.54, 1.807) is 18.2 Å². The summed E-state index contributed by atoms with van der Waals surface area (Å²) in [5.74, 6) is 0. The summed E-state index contributed by atoms with van der Waals surface area (Å²) in [6, 6.07) is 14.2. The fraction of sp³-hybridized carbons (Fsp3) is 0.0769. The normalized spacial score (nSPS) is 11.5. The maximum absolute atomic E-state index is 11.5. The van der Waals surface area contributed by atoms with E-state index in [9.17, 15) is 14.4 Å². The zero-order chi connectivity index (χ0) is 13.2. The van der Waals surface area contributed by atoms with Crippen molar-refractivity contribution in [2.45, 2.75) is 5.33 Å². The van der Waals surface area contributed by atoms with E-state index < -0.39 is 7.60 Å². The molecule has 3 nitrogen and oxygen atoms in total. The monoisotopic (exact) mass is 326 g/mol. The molecule has 0 atom stereocenters. The topological polar surface area (TPSA) is 57.5 Å². The molecule has 5 heteroatoms. The van der Waals surface area contributed by atoms with Crippen molar-refractivity contribution >= 4 is 28.8 Å². The van der Waals surface area contributed by atoms with Gasteiger partial charge in [-0.05, 0) is 22.8 Å². The van der Waals surface area contributed by atoms with Gasteiger partial charge >= 0.3 is 7.60 Å². The third kappa shape index (κ3) is 2.73. The van der Waals surface area contributed by atoms with Gasteiger partial charge in [0.1, 0.15) is 0 Å². The molecule has 0 aliphatic carbocycles. The molecule has 0 amide bonds. The van der Waals surface area contributed by atoms with Gasteiger partial charge in [-0.2, -0.15) is 0 Å². The average Bonchev–Trinajstić information content (AvgIpc) is 2.37. The van der Waals surface area contributed by atoms with Crippen LogP contribution in [-0.2, 0) is 9.90 Å². The summed E-state index contributed by atoms with van der Waals surface area (Å²) < 4.78 is 11.5. The van der Waals surface area contributed by atoms with Crippen LogP contribution in [0.4, 0.5) is 0 Å². The molecule has 2 rings (SSSR count). The molecule has 18 heavy (non-hydrogen) atoms. The molecule has 0 heterocycles. The second-order valence-corrected chi connectivity index (χ2v) is 5.98. The summed E-state index contributed by atoms with van der Waals surface area (Å²) in [6.45, 7) is 0. The highest BCUT2D eigenvalue weighted by molar-refractivity contribution is 9.08. The van der Waals surface area contributed by atoms with E-state index in [0.29, 0.717) is 10.9 Å². The lowest BCUT2D eigenvalue weighted by Crippen LogP contribution is -2.08. The Bertz CT molecular complexity index is 607. The van der Waals surface area contributed by atoms with Gasteiger partial charge in [0, 0.05) is 5.33 Å². The summed E-state index contributed by atoms with van der Waals surface area (Å²) in [5, 5.41) is 0.706. The molecular weight excluding hydrogens is 315 g/mol. The highest BCUT2D eigenvalue weighted by atomic mass is 79.9. The first-order valence-electron chi connectivity index (χ1n) is 5.33. The zero-order valence-corrected chi connectivity index (χ0v) is 11.9. The molecule has 0 aliphatic heterocycles. The molecule has 0 saturated carbocycles. The molecule has 94 valence electrons. The Balaban J connectivity index is 2.68. The van der Waals surface area contributed by atoms with Gasteiger partial charge in [0.25, 0.3) is 0 Å². The molecule has 0 spiro atoms. The van der Waals surface area contributed by atoms with E-state index in [4.69, 9.17) is 0 Å². The molecule has 2 aromatic rings. The highest BCUT2D eigenvalue weighted by Crippen LogP contribution is 2.38. The summed E-state index contributed by atoms with van der Waals surface area (Å²) in [6.07, 6.45) is 0. The van der Waals surface area contributed by atoms with Crippen LogP contribution in [0.5, 0.6) is 0 Å². The van der Waals surface area contributed by atoms with Gasteiger partial charge in [-0.15, -0.1) is 0 Å². The van der Waals surface area contributed by atoms with E-state index in [1.165, 1.54) is 6.07 Å². The van der Waals surface area contributed by atoms with E-state index in [1.807, 2.05) is 24.3 Å². The minimum atomic E-state index is -4.27. The maximum Gasteiger partial charge on any atom is 0.356 e. The number of alkyl halides is 1. The van der Waals surface area contributed by atoms with Crippen molar-refractivity contribution in [3.8, 4) is 11.1 Å². The average molecular weight is 327 g/mol. The van der Waals surface area contributed by atoms with Crippen molar-refractivity contribution in [2.24, 2.45) is 0 Å². The van der Waals surface area contributed by atoms with Crippen LogP contribution in [0, 0.1) is 0 Å². The zero-order valence-electron chi connectivity index (χ0n) is 9.45.